The average molecular weight is 649 g/mol. The molecule has 2 aromatic carbocycles. The molecule has 0 radical (unpaired) electrons. The predicted molar refractivity (Wildman–Crippen MR) is 164 cm³/mol. The zero-order valence-electron chi connectivity index (χ0n) is 25.1. The van der Waals surface area contributed by atoms with Gasteiger partial charge in [0.15, 0.2) is 5.65 Å². The molecule has 0 saturated heterocycles. The molecule has 0 spiro atoms. The highest BCUT2D eigenvalue weighted by atomic mass is 32.2. The lowest BCUT2D eigenvalue weighted by Crippen LogP contribution is -2.44. The highest BCUT2D eigenvalue weighted by Crippen LogP contribution is 2.35. The molecule has 0 bridgehead atoms. The number of carbonyl (C=O) groups is 4. The summed E-state index contributed by atoms with van der Waals surface area (Å²) in [5.41, 5.74) is 3.51. The summed E-state index contributed by atoms with van der Waals surface area (Å²) in [6.07, 6.45) is 2.64. The molecule has 4 aromatic rings. The Morgan fingerprint density at radius 1 is 1.02 bits per heavy atom. The van der Waals surface area contributed by atoms with Gasteiger partial charge in [0.2, 0.25) is 10.0 Å². The quantitative estimate of drug-likeness (QED) is 0.160. The van der Waals surface area contributed by atoms with Crippen LogP contribution in [0, 0.1) is 12.8 Å². The third-order valence-electron chi connectivity index (χ3n) is 7.96. The van der Waals surface area contributed by atoms with Crippen molar-refractivity contribution in [1.82, 2.24) is 30.0 Å². The number of carbonyl (C=O) groups excluding carboxylic acids is 2. The number of rotatable bonds is 11. The van der Waals surface area contributed by atoms with Crippen LogP contribution in [0.15, 0.2) is 59.6 Å². The lowest BCUT2D eigenvalue weighted by molar-refractivity contribution is -0.140. The van der Waals surface area contributed by atoms with Gasteiger partial charge in [-0.1, -0.05) is 32.0 Å². The standard InChI is InChI=1S/C31H32N6O8S/c1-16(2)27(31(42)43)36-46(44,45)19-6-4-18(5-7-19)15-32-28(38)24-14-25(37-26(34-24)12-13-33-37)29(39)35-23-11-10-20-17(3)21(30(40)41)8-9-22(20)23/h4-9,12-14,16,23,27,36H,10-11,15H2,1-3H3,(H,32,38)(H,35,39)(H,40,41)(H,42,43)/t23-,27+/m0/s1. The van der Waals surface area contributed by atoms with E-state index in [1.807, 2.05) is 0 Å². The van der Waals surface area contributed by atoms with Crippen LogP contribution in [0.4, 0.5) is 0 Å². The summed E-state index contributed by atoms with van der Waals surface area (Å²) < 4.78 is 28.9. The molecule has 2 atom stereocenters. The van der Waals surface area contributed by atoms with Crippen molar-refractivity contribution in [3.63, 3.8) is 0 Å². The van der Waals surface area contributed by atoms with Gasteiger partial charge in [-0.2, -0.15) is 9.82 Å². The van der Waals surface area contributed by atoms with Crippen molar-refractivity contribution < 1.29 is 37.8 Å². The highest BCUT2D eigenvalue weighted by Gasteiger charge is 2.30. The van der Waals surface area contributed by atoms with Crippen molar-refractivity contribution in [3.05, 3.63) is 93.9 Å². The summed E-state index contributed by atoms with van der Waals surface area (Å²) in [5, 5.41) is 28.6. The van der Waals surface area contributed by atoms with E-state index >= 15 is 0 Å². The Hall–Kier alpha value is -5.15. The first kappa shape index (κ1) is 32.2. The van der Waals surface area contributed by atoms with Gasteiger partial charge in [0.05, 0.1) is 22.7 Å². The number of sulfonamides is 1. The van der Waals surface area contributed by atoms with Crippen LogP contribution in [0.2, 0.25) is 0 Å². The van der Waals surface area contributed by atoms with Crippen molar-refractivity contribution in [2.75, 3.05) is 0 Å². The molecule has 0 saturated carbocycles. The lowest BCUT2D eigenvalue weighted by Gasteiger charge is -2.18. The maximum atomic E-state index is 13.5. The van der Waals surface area contributed by atoms with Crippen LogP contribution in [0.1, 0.15) is 79.9 Å². The van der Waals surface area contributed by atoms with Crippen molar-refractivity contribution in [2.24, 2.45) is 5.92 Å². The van der Waals surface area contributed by atoms with E-state index in [2.05, 4.69) is 25.4 Å². The zero-order chi connectivity index (χ0) is 33.3. The second-order valence-corrected chi connectivity index (χ2v) is 13.0. The number of nitrogens with one attached hydrogen (secondary N) is 3. The largest absolute Gasteiger partial charge is 0.480 e. The third-order valence-corrected chi connectivity index (χ3v) is 9.41. The molecule has 46 heavy (non-hydrogen) atoms. The number of aliphatic carboxylic acids is 1. The minimum Gasteiger partial charge on any atom is -0.480 e. The number of benzene rings is 2. The molecular formula is C31H32N6O8S. The Labute approximate surface area is 263 Å². The van der Waals surface area contributed by atoms with E-state index in [-0.39, 0.29) is 40.1 Å². The molecule has 0 unspecified atom stereocenters. The summed E-state index contributed by atoms with van der Waals surface area (Å²) >= 11 is 0. The number of aromatic carboxylic acids is 1. The lowest BCUT2D eigenvalue weighted by atomic mass is 9.98. The first-order valence-electron chi connectivity index (χ1n) is 14.4. The fourth-order valence-corrected chi connectivity index (χ4v) is 6.79. The van der Waals surface area contributed by atoms with E-state index in [0.29, 0.717) is 24.0 Å². The molecule has 14 nitrogen and oxygen atoms in total. The van der Waals surface area contributed by atoms with Gasteiger partial charge in [-0.3, -0.25) is 14.4 Å². The van der Waals surface area contributed by atoms with Gasteiger partial charge in [0.25, 0.3) is 11.8 Å². The zero-order valence-corrected chi connectivity index (χ0v) is 26.0. The smallest absolute Gasteiger partial charge is 0.335 e. The summed E-state index contributed by atoms with van der Waals surface area (Å²) in [6.45, 7) is 4.96. The fraction of sp³-hybridized carbons (Fsp3) is 0.290. The van der Waals surface area contributed by atoms with Crippen LogP contribution < -0.4 is 15.4 Å². The number of fused-ring (bicyclic) bond motifs is 2. The number of carboxylic acid groups (broad SMARTS) is 2. The maximum absolute atomic E-state index is 13.5. The number of hydrogen-bond acceptors (Lipinski definition) is 8. The van der Waals surface area contributed by atoms with Gasteiger partial charge in [0.1, 0.15) is 17.4 Å². The van der Waals surface area contributed by atoms with Crippen LogP contribution in [0.5, 0.6) is 0 Å². The molecule has 2 heterocycles. The van der Waals surface area contributed by atoms with E-state index in [0.717, 1.165) is 11.1 Å². The van der Waals surface area contributed by atoms with Gasteiger partial charge in [0, 0.05) is 18.7 Å². The Balaban J connectivity index is 1.29. The minimum absolute atomic E-state index is 0.0144. The Bertz CT molecular complexity index is 1970. The predicted octanol–water partition coefficient (Wildman–Crippen LogP) is 2.47. The second kappa shape index (κ2) is 12.7. The van der Waals surface area contributed by atoms with Crippen LogP contribution in [0.25, 0.3) is 5.65 Å². The van der Waals surface area contributed by atoms with E-state index in [9.17, 15) is 37.8 Å². The van der Waals surface area contributed by atoms with Gasteiger partial charge in [-0.05, 0) is 66.1 Å². The van der Waals surface area contributed by atoms with Crippen LogP contribution in [0.3, 0.4) is 0 Å². The third kappa shape index (κ3) is 6.46. The summed E-state index contributed by atoms with van der Waals surface area (Å²) in [4.78, 5) is 53.8. The number of aromatic nitrogens is 3. The van der Waals surface area contributed by atoms with E-state index in [1.165, 1.54) is 47.1 Å². The molecular weight excluding hydrogens is 616 g/mol. The minimum atomic E-state index is -4.10. The van der Waals surface area contributed by atoms with Crippen LogP contribution >= 0.6 is 0 Å². The van der Waals surface area contributed by atoms with E-state index < -0.39 is 45.7 Å². The van der Waals surface area contributed by atoms with Crippen molar-refractivity contribution in [2.45, 2.75) is 57.1 Å². The number of amides is 2. The molecule has 1 aliphatic rings. The maximum Gasteiger partial charge on any atom is 0.335 e. The number of carboxylic acids is 2. The molecule has 0 fully saturated rings. The normalized spacial score (nSPS) is 15.0. The molecule has 5 rings (SSSR count). The second-order valence-electron chi connectivity index (χ2n) is 11.3. The van der Waals surface area contributed by atoms with Crippen LogP contribution in [-0.2, 0) is 27.8 Å². The molecule has 15 heteroatoms. The van der Waals surface area contributed by atoms with Crippen molar-refractivity contribution >= 4 is 39.4 Å². The van der Waals surface area contributed by atoms with Gasteiger partial charge in [-0.25, -0.2) is 22.7 Å². The SMILES string of the molecule is Cc1c(C(=O)O)ccc2c1CC[C@@H]2NC(=O)c1cc(C(=O)NCc2ccc(S(=O)(=O)N[C@@H](C(=O)O)C(C)C)cc2)nc2ccnn12. The summed E-state index contributed by atoms with van der Waals surface area (Å²) in [7, 11) is -4.10. The topological polar surface area (TPSA) is 209 Å². The molecule has 1 aliphatic carbocycles. The van der Waals surface area contributed by atoms with Gasteiger partial charge < -0.3 is 20.8 Å². The molecule has 2 aromatic heterocycles. The Kier molecular flexibility index (Phi) is 8.90. The van der Waals surface area contributed by atoms with E-state index in [4.69, 9.17) is 0 Å². The van der Waals surface area contributed by atoms with Gasteiger partial charge >= 0.3 is 11.9 Å². The fourth-order valence-electron chi connectivity index (χ4n) is 5.45. The molecule has 0 aliphatic heterocycles. The van der Waals surface area contributed by atoms with Crippen molar-refractivity contribution in [1.29, 1.82) is 0 Å². The number of hydrogen-bond donors (Lipinski definition) is 5. The average Bonchev–Trinajstić information content (AvgIpc) is 3.65. The van der Waals surface area contributed by atoms with Gasteiger partial charge in [-0.15, -0.1) is 0 Å². The highest BCUT2D eigenvalue weighted by molar-refractivity contribution is 7.89. The van der Waals surface area contributed by atoms with Crippen molar-refractivity contribution in [3.8, 4) is 0 Å². The van der Waals surface area contributed by atoms with Crippen LogP contribution in [-0.4, -0.2) is 63.0 Å². The molecule has 2 amide bonds. The molecule has 240 valence electrons. The first-order valence-corrected chi connectivity index (χ1v) is 15.9. The first-order chi connectivity index (χ1) is 21.8. The monoisotopic (exact) mass is 648 g/mol. The summed E-state index contributed by atoms with van der Waals surface area (Å²) in [6, 6.07) is 10.1. The Morgan fingerprint density at radius 2 is 1.74 bits per heavy atom. The molecule has 5 N–H and O–H groups in total. The number of nitrogens with zero attached hydrogens (tertiary/aromatic N) is 3. The summed E-state index contributed by atoms with van der Waals surface area (Å²) in [5.74, 6) is -3.83. The van der Waals surface area contributed by atoms with E-state index in [1.54, 1.807) is 32.9 Å². The Morgan fingerprint density at radius 3 is 2.39 bits per heavy atom.